The third-order valence-corrected chi connectivity index (χ3v) is 5.19. The first-order valence-electron chi connectivity index (χ1n) is 8.24. The van der Waals surface area contributed by atoms with E-state index in [1.807, 2.05) is 0 Å². The minimum atomic E-state index is -0.296. The van der Waals surface area contributed by atoms with Crippen LogP contribution < -0.4 is 20.1 Å². The van der Waals surface area contributed by atoms with Crippen molar-refractivity contribution in [3.05, 3.63) is 28.8 Å². The first kappa shape index (κ1) is 15.3. The zero-order chi connectivity index (χ0) is 16.4. The number of nitrogens with one attached hydrogen (secondary N) is 2. The Morgan fingerprint density at radius 2 is 1.88 bits per heavy atom. The molecule has 0 saturated heterocycles. The summed E-state index contributed by atoms with van der Waals surface area (Å²) in [6.45, 7) is 1.07. The molecule has 126 valence electrons. The molecule has 24 heavy (non-hydrogen) atoms. The first-order chi connectivity index (χ1) is 11.8. The van der Waals surface area contributed by atoms with Crippen LogP contribution in [0.5, 0.6) is 11.5 Å². The van der Waals surface area contributed by atoms with Gasteiger partial charge in [-0.05, 0) is 37.8 Å². The molecule has 2 N–H and O–H groups in total. The Kier molecular flexibility index (Phi) is 4.25. The van der Waals surface area contributed by atoms with Crippen LogP contribution in [0.2, 0.25) is 0 Å². The van der Waals surface area contributed by atoms with Gasteiger partial charge in [-0.2, -0.15) is 0 Å². The third kappa shape index (κ3) is 3.31. The fourth-order valence-corrected chi connectivity index (χ4v) is 4.01. The summed E-state index contributed by atoms with van der Waals surface area (Å²) in [5.74, 6) is 1.36. The lowest BCUT2D eigenvalue weighted by molar-refractivity contribution is 0.171. The number of aryl methyl sites for hydroxylation is 2. The van der Waals surface area contributed by atoms with Crippen LogP contribution in [0, 0.1) is 0 Å². The number of thiazole rings is 1. The van der Waals surface area contributed by atoms with Crippen molar-refractivity contribution in [1.82, 2.24) is 4.98 Å². The molecule has 2 aliphatic rings. The minimum absolute atomic E-state index is 0.296. The number of rotatable bonds is 2. The Labute approximate surface area is 144 Å². The molecule has 1 aromatic carbocycles. The number of amides is 2. The second kappa shape index (κ2) is 6.68. The van der Waals surface area contributed by atoms with E-state index in [9.17, 15) is 4.79 Å². The molecular weight excluding hydrogens is 326 g/mol. The van der Waals surface area contributed by atoms with Crippen molar-refractivity contribution in [3.8, 4) is 11.5 Å². The van der Waals surface area contributed by atoms with E-state index in [4.69, 9.17) is 9.47 Å². The van der Waals surface area contributed by atoms with Crippen LogP contribution in [0.25, 0.3) is 0 Å². The minimum Gasteiger partial charge on any atom is -0.486 e. The van der Waals surface area contributed by atoms with Crippen molar-refractivity contribution < 1.29 is 14.3 Å². The van der Waals surface area contributed by atoms with Crippen LogP contribution in [0.3, 0.4) is 0 Å². The van der Waals surface area contributed by atoms with E-state index in [-0.39, 0.29) is 6.03 Å². The molecule has 0 atom stereocenters. The van der Waals surface area contributed by atoms with Gasteiger partial charge in [-0.3, -0.25) is 5.32 Å². The lowest BCUT2D eigenvalue weighted by Crippen LogP contribution is -2.20. The maximum absolute atomic E-state index is 12.2. The molecule has 1 aliphatic carbocycles. The normalized spacial score (nSPS) is 16.0. The van der Waals surface area contributed by atoms with Gasteiger partial charge >= 0.3 is 6.03 Å². The van der Waals surface area contributed by atoms with Crippen molar-refractivity contribution >= 4 is 28.2 Å². The zero-order valence-electron chi connectivity index (χ0n) is 13.3. The molecule has 1 aromatic heterocycles. The largest absolute Gasteiger partial charge is 0.486 e. The highest BCUT2D eigenvalue weighted by Crippen LogP contribution is 2.33. The van der Waals surface area contributed by atoms with E-state index in [1.165, 1.54) is 24.1 Å². The Hall–Kier alpha value is -2.28. The van der Waals surface area contributed by atoms with Gasteiger partial charge in [0.15, 0.2) is 16.6 Å². The summed E-state index contributed by atoms with van der Waals surface area (Å²) < 4.78 is 11.0. The molecule has 0 radical (unpaired) electrons. The van der Waals surface area contributed by atoms with Gasteiger partial charge in [0.1, 0.15) is 13.2 Å². The number of fused-ring (bicyclic) bond motifs is 2. The predicted molar refractivity (Wildman–Crippen MR) is 93.4 cm³/mol. The van der Waals surface area contributed by atoms with E-state index < -0.39 is 0 Å². The number of ether oxygens (including phenoxy) is 2. The van der Waals surface area contributed by atoms with Crippen LogP contribution in [0.4, 0.5) is 15.6 Å². The van der Waals surface area contributed by atoms with Crippen molar-refractivity contribution in [2.24, 2.45) is 0 Å². The standard InChI is InChI=1S/C17H19N3O3S/c21-16(18-11-6-7-13-14(10-11)23-9-8-22-13)20-17-19-12-4-2-1-3-5-15(12)24-17/h6-7,10H,1-5,8-9H2,(H2,18,19,20,21). The summed E-state index contributed by atoms with van der Waals surface area (Å²) >= 11 is 1.58. The number of nitrogens with zero attached hydrogens (tertiary/aromatic N) is 1. The van der Waals surface area contributed by atoms with E-state index in [0.717, 1.165) is 18.5 Å². The van der Waals surface area contributed by atoms with Crippen LogP contribution in [0.1, 0.15) is 29.8 Å². The molecule has 0 bridgehead atoms. The van der Waals surface area contributed by atoms with Crippen molar-refractivity contribution in [3.63, 3.8) is 0 Å². The van der Waals surface area contributed by atoms with Gasteiger partial charge in [0.25, 0.3) is 0 Å². The fraction of sp³-hybridized carbons (Fsp3) is 0.412. The third-order valence-electron chi connectivity index (χ3n) is 4.12. The highest BCUT2D eigenvalue weighted by Gasteiger charge is 2.16. The van der Waals surface area contributed by atoms with Crippen LogP contribution in [0.15, 0.2) is 18.2 Å². The summed E-state index contributed by atoms with van der Waals surface area (Å²) in [6, 6.07) is 5.07. The fourth-order valence-electron chi connectivity index (χ4n) is 2.96. The first-order valence-corrected chi connectivity index (χ1v) is 9.06. The highest BCUT2D eigenvalue weighted by molar-refractivity contribution is 7.15. The Bertz CT molecular complexity index is 736. The highest BCUT2D eigenvalue weighted by atomic mass is 32.1. The Morgan fingerprint density at radius 1 is 1.04 bits per heavy atom. The second-order valence-corrected chi connectivity index (χ2v) is 6.97. The SMILES string of the molecule is O=C(Nc1ccc2c(c1)OCCO2)Nc1nc2c(s1)CCCCC2. The molecule has 0 unspecified atom stereocenters. The molecule has 2 heterocycles. The van der Waals surface area contributed by atoms with E-state index in [0.29, 0.717) is 35.5 Å². The molecule has 0 fully saturated rings. The number of carbonyl (C=O) groups excluding carboxylic acids is 1. The van der Waals surface area contributed by atoms with Gasteiger partial charge in [-0.1, -0.05) is 6.42 Å². The van der Waals surface area contributed by atoms with Gasteiger partial charge < -0.3 is 14.8 Å². The van der Waals surface area contributed by atoms with E-state index >= 15 is 0 Å². The van der Waals surface area contributed by atoms with Crippen molar-refractivity contribution in [2.45, 2.75) is 32.1 Å². The monoisotopic (exact) mass is 345 g/mol. The summed E-state index contributed by atoms with van der Waals surface area (Å²) in [5, 5.41) is 6.31. The van der Waals surface area contributed by atoms with Gasteiger partial charge in [0.2, 0.25) is 0 Å². The van der Waals surface area contributed by atoms with E-state index in [1.54, 1.807) is 29.5 Å². The molecule has 7 heteroatoms. The molecule has 0 spiro atoms. The smallest absolute Gasteiger partial charge is 0.325 e. The van der Waals surface area contributed by atoms with Crippen LogP contribution in [-0.4, -0.2) is 24.2 Å². The van der Waals surface area contributed by atoms with Gasteiger partial charge in [0, 0.05) is 16.6 Å². The molecule has 2 amide bonds. The molecular formula is C17H19N3O3S. The van der Waals surface area contributed by atoms with Gasteiger partial charge in [-0.25, -0.2) is 9.78 Å². The van der Waals surface area contributed by atoms with Crippen molar-refractivity contribution in [1.29, 1.82) is 0 Å². The number of hydrogen-bond donors (Lipinski definition) is 2. The Morgan fingerprint density at radius 3 is 2.79 bits per heavy atom. The predicted octanol–water partition coefficient (Wildman–Crippen LogP) is 3.83. The maximum Gasteiger partial charge on any atom is 0.325 e. The van der Waals surface area contributed by atoms with E-state index in [2.05, 4.69) is 15.6 Å². The Balaban J connectivity index is 1.41. The quantitative estimate of drug-likeness (QED) is 0.812. The molecule has 4 rings (SSSR count). The second-order valence-electron chi connectivity index (χ2n) is 5.89. The average Bonchev–Trinajstić information content (AvgIpc) is 2.82. The topological polar surface area (TPSA) is 72.5 Å². The summed E-state index contributed by atoms with van der Waals surface area (Å²) in [4.78, 5) is 18.1. The lowest BCUT2D eigenvalue weighted by Gasteiger charge is -2.18. The lowest BCUT2D eigenvalue weighted by atomic mass is 10.2. The number of anilines is 2. The summed E-state index contributed by atoms with van der Waals surface area (Å²) in [6.07, 6.45) is 5.73. The number of aromatic nitrogens is 1. The maximum atomic E-state index is 12.2. The molecule has 2 aromatic rings. The van der Waals surface area contributed by atoms with Crippen LogP contribution >= 0.6 is 11.3 Å². The van der Waals surface area contributed by atoms with Gasteiger partial charge in [-0.15, -0.1) is 11.3 Å². The average molecular weight is 345 g/mol. The van der Waals surface area contributed by atoms with Crippen LogP contribution in [-0.2, 0) is 12.8 Å². The molecule has 6 nitrogen and oxygen atoms in total. The summed E-state index contributed by atoms with van der Waals surface area (Å²) in [7, 11) is 0. The number of carbonyl (C=O) groups is 1. The zero-order valence-corrected chi connectivity index (χ0v) is 14.1. The molecule has 0 saturated carbocycles. The summed E-state index contributed by atoms with van der Waals surface area (Å²) in [5.41, 5.74) is 1.81. The van der Waals surface area contributed by atoms with Gasteiger partial charge in [0.05, 0.1) is 5.69 Å². The van der Waals surface area contributed by atoms with Crippen molar-refractivity contribution in [2.75, 3.05) is 23.8 Å². The number of hydrogen-bond acceptors (Lipinski definition) is 5. The molecule has 1 aliphatic heterocycles. The number of benzene rings is 1. The number of urea groups is 1.